The van der Waals surface area contributed by atoms with Crippen molar-refractivity contribution in [3.05, 3.63) is 0 Å². The van der Waals surface area contributed by atoms with E-state index < -0.39 is 47.6 Å². The quantitative estimate of drug-likeness (QED) is 0.527. The Morgan fingerprint density at radius 3 is 2.32 bits per heavy atom. The highest BCUT2D eigenvalue weighted by atomic mass is 35.5. The Bertz CT molecular complexity index is 401. The lowest BCUT2D eigenvalue weighted by atomic mass is 9.91. The number of hydrogen-bond donors (Lipinski definition) is 2. The molecule has 0 aromatic heterocycles. The Labute approximate surface area is 115 Å². The monoisotopic (exact) mass is 293 g/mol. The van der Waals surface area contributed by atoms with Crippen molar-refractivity contribution in [1.82, 2.24) is 5.32 Å². The van der Waals surface area contributed by atoms with E-state index in [0.29, 0.717) is 0 Å². The number of alkyl halides is 1. The summed E-state index contributed by atoms with van der Waals surface area (Å²) in [5.41, 5.74) is -2.85. The van der Waals surface area contributed by atoms with Crippen molar-refractivity contribution in [1.29, 1.82) is 0 Å². The van der Waals surface area contributed by atoms with Crippen molar-refractivity contribution in [2.45, 2.75) is 44.1 Å². The Morgan fingerprint density at radius 2 is 1.95 bits per heavy atom. The van der Waals surface area contributed by atoms with Crippen molar-refractivity contribution in [3.63, 3.8) is 0 Å². The van der Waals surface area contributed by atoms with E-state index in [2.05, 4.69) is 5.32 Å². The van der Waals surface area contributed by atoms with E-state index in [1.54, 1.807) is 0 Å². The second-order valence-electron chi connectivity index (χ2n) is 4.33. The number of hydrogen-bond acceptors (Lipinski definition) is 6. The third-order valence-corrected chi connectivity index (χ3v) is 3.25. The molecule has 4 atom stereocenters. The maximum atomic E-state index is 11.7. The Morgan fingerprint density at radius 1 is 1.37 bits per heavy atom. The average Bonchev–Trinajstić information content (AvgIpc) is 2.53. The zero-order chi connectivity index (χ0) is 14.8. The van der Waals surface area contributed by atoms with E-state index in [-0.39, 0.29) is 0 Å². The van der Waals surface area contributed by atoms with Gasteiger partial charge in [-0.25, -0.2) is 0 Å². The molecule has 1 aliphatic heterocycles. The molecule has 1 aliphatic rings. The normalized spacial score (nSPS) is 33.8. The Balaban J connectivity index is 3.15. The molecule has 8 heteroatoms. The first kappa shape index (κ1) is 15.9. The molecule has 2 N–H and O–H groups in total. The summed E-state index contributed by atoms with van der Waals surface area (Å²) in [5.74, 6) is -1.64. The maximum Gasteiger partial charge on any atom is 0.303 e. The molecule has 1 fully saturated rings. The van der Waals surface area contributed by atoms with E-state index in [1.807, 2.05) is 0 Å². The SMILES string of the molecule is CC(=O)N[C@@H]1[C@@H](Cl)O[C@@](CO)(C(C)=O)[C@H]1OC(C)=O. The molecular weight excluding hydrogens is 278 g/mol. The van der Waals surface area contributed by atoms with Gasteiger partial charge >= 0.3 is 5.97 Å². The molecule has 0 radical (unpaired) electrons. The summed E-state index contributed by atoms with van der Waals surface area (Å²) in [7, 11) is 0. The fourth-order valence-electron chi connectivity index (χ4n) is 2.01. The fourth-order valence-corrected chi connectivity index (χ4v) is 2.37. The molecule has 7 nitrogen and oxygen atoms in total. The summed E-state index contributed by atoms with van der Waals surface area (Å²) < 4.78 is 10.3. The predicted octanol–water partition coefficient (Wildman–Crippen LogP) is -0.662. The summed E-state index contributed by atoms with van der Waals surface area (Å²) in [6.07, 6.45) is -1.18. The van der Waals surface area contributed by atoms with Crippen LogP contribution in [0.25, 0.3) is 0 Å². The van der Waals surface area contributed by atoms with Gasteiger partial charge in [0.1, 0.15) is 6.04 Å². The molecule has 0 bridgehead atoms. The van der Waals surface area contributed by atoms with Crippen LogP contribution in [-0.2, 0) is 23.9 Å². The van der Waals surface area contributed by atoms with Gasteiger partial charge in [-0.1, -0.05) is 11.6 Å². The van der Waals surface area contributed by atoms with Crippen molar-refractivity contribution in [3.8, 4) is 0 Å². The van der Waals surface area contributed by atoms with Gasteiger partial charge in [0.25, 0.3) is 0 Å². The van der Waals surface area contributed by atoms with Crippen LogP contribution in [0.1, 0.15) is 20.8 Å². The minimum Gasteiger partial charge on any atom is -0.457 e. The topological polar surface area (TPSA) is 102 Å². The Kier molecular flexibility index (Phi) is 4.89. The molecule has 0 aromatic carbocycles. The molecule has 1 amide bonds. The van der Waals surface area contributed by atoms with Gasteiger partial charge in [0, 0.05) is 13.8 Å². The molecule has 1 saturated heterocycles. The number of Topliss-reactive ketones (excluding diaryl/α,β-unsaturated/α-hetero) is 1. The second kappa shape index (κ2) is 5.85. The van der Waals surface area contributed by atoms with Gasteiger partial charge in [0.05, 0.1) is 6.61 Å². The number of amides is 1. The van der Waals surface area contributed by atoms with Crippen molar-refractivity contribution in [2.75, 3.05) is 6.61 Å². The van der Waals surface area contributed by atoms with Crippen LogP contribution >= 0.6 is 11.6 Å². The van der Waals surface area contributed by atoms with E-state index in [4.69, 9.17) is 21.1 Å². The summed E-state index contributed by atoms with van der Waals surface area (Å²) in [6.45, 7) is 2.88. The third-order valence-electron chi connectivity index (χ3n) is 2.88. The first-order valence-corrected chi connectivity index (χ1v) is 6.06. The molecule has 0 aliphatic carbocycles. The van der Waals surface area contributed by atoms with Crippen LogP contribution in [0.2, 0.25) is 0 Å². The summed E-state index contributed by atoms with van der Waals surface area (Å²) >= 11 is 5.92. The number of nitrogens with one attached hydrogen (secondary N) is 1. The van der Waals surface area contributed by atoms with Gasteiger partial charge < -0.3 is 19.9 Å². The molecule has 0 aromatic rings. The zero-order valence-electron chi connectivity index (χ0n) is 10.8. The van der Waals surface area contributed by atoms with E-state index in [1.165, 1.54) is 13.8 Å². The molecular formula is C11H16ClNO6. The number of esters is 1. The predicted molar refractivity (Wildman–Crippen MR) is 64.4 cm³/mol. The molecule has 108 valence electrons. The van der Waals surface area contributed by atoms with Crippen LogP contribution in [-0.4, -0.2) is 52.7 Å². The number of ketones is 1. The molecule has 0 unspecified atom stereocenters. The maximum absolute atomic E-state index is 11.7. The number of carbonyl (C=O) groups excluding carboxylic acids is 3. The minimum absolute atomic E-state index is 0.423. The van der Waals surface area contributed by atoms with Gasteiger partial charge in [-0.05, 0) is 6.92 Å². The number of aliphatic hydroxyl groups excluding tert-OH is 1. The Hall–Kier alpha value is -1.18. The van der Waals surface area contributed by atoms with Crippen LogP contribution in [0.4, 0.5) is 0 Å². The van der Waals surface area contributed by atoms with E-state index in [9.17, 15) is 19.5 Å². The molecule has 1 rings (SSSR count). The van der Waals surface area contributed by atoms with Crippen LogP contribution in [0.15, 0.2) is 0 Å². The molecule has 19 heavy (non-hydrogen) atoms. The van der Waals surface area contributed by atoms with Crippen molar-refractivity contribution < 1.29 is 29.0 Å². The number of halogens is 1. The fraction of sp³-hybridized carbons (Fsp3) is 0.727. The highest BCUT2D eigenvalue weighted by molar-refractivity contribution is 6.20. The summed E-state index contributed by atoms with van der Waals surface area (Å²) in [5, 5.41) is 11.9. The van der Waals surface area contributed by atoms with Crippen LogP contribution in [0.3, 0.4) is 0 Å². The van der Waals surface area contributed by atoms with Gasteiger partial charge in [0.15, 0.2) is 23.1 Å². The lowest BCUT2D eigenvalue weighted by Gasteiger charge is -2.30. The number of rotatable bonds is 4. The summed E-state index contributed by atoms with van der Waals surface area (Å²) in [6, 6.07) is -0.917. The van der Waals surface area contributed by atoms with Crippen LogP contribution in [0.5, 0.6) is 0 Å². The number of aliphatic hydroxyl groups is 1. The average molecular weight is 294 g/mol. The van der Waals surface area contributed by atoms with E-state index >= 15 is 0 Å². The van der Waals surface area contributed by atoms with Gasteiger partial charge in [-0.2, -0.15) is 0 Å². The van der Waals surface area contributed by atoms with Crippen molar-refractivity contribution >= 4 is 29.3 Å². The van der Waals surface area contributed by atoms with Gasteiger partial charge in [0.2, 0.25) is 5.91 Å². The highest BCUT2D eigenvalue weighted by Gasteiger charge is 2.60. The molecule has 0 saturated carbocycles. The second-order valence-corrected chi connectivity index (χ2v) is 4.76. The first-order valence-electron chi connectivity index (χ1n) is 5.62. The van der Waals surface area contributed by atoms with E-state index in [0.717, 1.165) is 6.92 Å². The minimum atomic E-state index is -1.76. The van der Waals surface area contributed by atoms with Crippen LogP contribution < -0.4 is 5.32 Å². The smallest absolute Gasteiger partial charge is 0.303 e. The van der Waals surface area contributed by atoms with Gasteiger partial charge in [-0.15, -0.1) is 0 Å². The van der Waals surface area contributed by atoms with Crippen LogP contribution in [0, 0.1) is 0 Å². The highest BCUT2D eigenvalue weighted by Crippen LogP contribution is 2.36. The third kappa shape index (κ3) is 3.05. The largest absolute Gasteiger partial charge is 0.457 e. The lowest BCUT2D eigenvalue weighted by Crippen LogP contribution is -2.56. The number of carbonyl (C=O) groups is 3. The lowest BCUT2D eigenvalue weighted by molar-refractivity contribution is -0.169. The summed E-state index contributed by atoms with van der Waals surface area (Å²) in [4.78, 5) is 34.0. The standard InChI is InChI=1S/C11H16ClNO6/c1-5(15)11(4-14)9(18-7(3)17)8(10(12)19-11)13-6(2)16/h8-10,14H,4H2,1-3H3,(H,13,16)/t8-,9-,10-,11-/m0/s1. The first-order chi connectivity index (χ1) is 8.74. The van der Waals surface area contributed by atoms with Crippen molar-refractivity contribution in [2.24, 2.45) is 0 Å². The molecule has 0 spiro atoms. The van der Waals surface area contributed by atoms with Gasteiger partial charge in [-0.3, -0.25) is 14.4 Å². The molecule has 1 heterocycles. The zero-order valence-corrected chi connectivity index (χ0v) is 11.6. The number of ether oxygens (including phenoxy) is 2.